The fourth-order valence-corrected chi connectivity index (χ4v) is 6.11. The largest absolute Gasteiger partial charge is 0.480 e. The van der Waals surface area contributed by atoms with Crippen molar-refractivity contribution < 1.29 is 19.1 Å². The molecule has 1 atom stereocenters. The van der Waals surface area contributed by atoms with Gasteiger partial charge in [-0.1, -0.05) is 109 Å². The highest BCUT2D eigenvalue weighted by Gasteiger charge is 2.34. The van der Waals surface area contributed by atoms with E-state index >= 15 is 0 Å². The third kappa shape index (κ3) is 5.34. The first kappa shape index (κ1) is 27.2. The van der Waals surface area contributed by atoms with Crippen LogP contribution in [0.1, 0.15) is 16.9 Å². The van der Waals surface area contributed by atoms with Gasteiger partial charge in [-0.05, 0) is 46.0 Å². The number of nitrogens with one attached hydrogen (secondary N) is 1. The van der Waals surface area contributed by atoms with E-state index in [9.17, 15) is 14.7 Å². The van der Waals surface area contributed by atoms with Gasteiger partial charge in [0, 0.05) is 23.8 Å². The molecule has 2 N–H and O–H groups in total. The zero-order chi connectivity index (χ0) is 30.0. The van der Waals surface area contributed by atoms with Gasteiger partial charge in [-0.3, -0.25) is 9.59 Å². The Balaban J connectivity index is 1.23. The smallest absolute Gasteiger partial charge is 0.323 e. The Kier molecular flexibility index (Phi) is 7.16. The molecule has 0 bridgehead atoms. The van der Waals surface area contributed by atoms with Gasteiger partial charge in [-0.15, -0.1) is 0 Å². The first-order valence-corrected chi connectivity index (χ1v) is 14.7. The Morgan fingerprint density at radius 2 is 1.39 bits per heavy atom. The topological polar surface area (TPSA) is 82.8 Å². The zero-order valence-corrected chi connectivity index (χ0v) is 23.9. The van der Waals surface area contributed by atoms with Crippen molar-refractivity contribution in [2.45, 2.75) is 18.9 Å². The molecule has 0 saturated heterocycles. The molecular weight excluding hydrogens is 548 g/mol. The highest BCUT2D eigenvalue weighted by Crippen LogP contribution is 2.39. The number of furan rings is 1. The maximum atomic E-state index is 13.1. The summed E-state index contributed by atoms with van der Waals surface area (Å²) in [6.45, 7) is -0.280. The molecule has 44 heavy (non-hydrogen) atoms. The molecule has 1 aliphatic rings. The molecule has 216 valence electrons. The van der Waals surface area contributed by atoms with Gasteiger partial charge in [0.05, 0.1) is 11.4 Å². The van der Waals surface area contributed by atoms with Crippen molar-refractivity contribution in [3.63, 3.8) is 0 Å². The fourth-order valence-electron chi connectivity index (χ4n) is 6.11. The minimum absolute atomic E-state index is 0.210. The SMILES string of the molecule is O=C(O)CN1c2cc(-c3ccc(-c4c(Cc5ccccc5)oc5ccccc45)cc3)ccc2NC(=O)C1Cc1ccccc1. The number of anilines is 2. The molecule has 6 nitrogen and oxygen atoms in total. The van der Waals surface area contributed by atoms with Crippen molar-refractivity contribution in [2.24, 2.45) is 0 Å². The summed E-state index contributed by atoms with van der Waals surface area (Å²) in [7, 11) is 0. The lowest BCUT2D eigenvalue weighted by Gasteiger charge is -2.37. The number of hydrogen-bond acceptors (Lipinski definition) is 4. The first-order valence-electron chi connectivity index (χ1n) is 14.7. The Morgan fingerprint density at radius 1 is 0.750 bits per heavy atom. The van der Waals surface area contributed by atoms with E-state index in [1.807, 2.05) is 84.9 Å². The number of amides is 1. The van der Waals surface area contributed by atoms with Crippen molar-refractivity contribution >= 4 is 34.2 Å². The fraction of sp³-hybridized carbons (Fsp3) is 0.105. The van der Waals surface area contributed by atoms with E-state index in [4.69, 9.17) is 4.42 Å². The number of fused-ring (bicyclic) bond motifs is 2. The van der Waals surface area contributed by atoms with Crippen molar-refractivity contribution in [3.8, 4) is 22.3 Å². The lowest BCUT2D eigenvalue weighted by molar-refractivity contribution is -0.135. The van der Waals surface area contributed by atoms with E-state index < -0.39 is 12.0 Å². The van der Waals surface area contributed by atoms with Crippen LogP contribution in [0.3, 0.4) is 0 Å². The lowest BCUT2D eigenvalue weighted by atomic mass is 9.95. The molecule has 6 aromatic rings. The predicted octanol–water partition coefficient (Wildman–Crippen LogP) is 7.81. The number of carbonyl (C=O) groups is 2. The lowest BCUT2D eigenvalue weighted by Crippen LogP contribution is -2.51. The molecule has 0 radical (unpaired) electrons. The number of para-hydroxylation sites is 1. The standard InChI is InChI=1S/C38H30N2O4/c41-36(42)24-40-32-23-29(19-20-31(32)39-38(43)33(40)21-25-9-3-1-4-10-25)27-15-17-28(18-16-27)37-30-13-7-8-14-34(30)44-35(37)22-26-11-5-2-6-12-26/h1-20,23,33H,21-22,24H2,(H,39,43)(H,41,42). The van der Waals surface area contributed by atoms with Crippen molar-refractivity contribution in [2.75, 3.05) is 16.8 Å². The summed E-state index contributed by atoms with van der Waals surface area (Å²) >= 11 is 0. The molecule has 0 aliphatic carbocycles. The van der Waals surface area contributed by atoms with Gasteiger partial charge in [0.2, 0.25) is 5.91 Å². The summed E-state index contributed by atoms with van der Waals surface area (Å²) in [6.07, 6.45) is 1.09. The van der Waals surface area contributed by atoms with Crippen LogP contribution in [0.5, 0.6) is 0 Å². The molecule has 1 unspecified atom stereocenters. The number of aliphatic carboxylic acids is 1. The summed E-state index contributed by atoms with van der Waals surface area (Å²) in [4.78, 5) is 26.8. The molecule has 0 fully saturated rings. The van der Waals surface area contributed by atoms with Gasteiger partial charge in [0.25, 0.3) is 0 Å². The molecule has 2 heterocycles. The molecule has 1 aliphatic heterocycles. The van der Waals surface area contributed by atoms with Crippen molar-refractivity contribution in [3.05, 3.63) is 144 Å². The van der Waals surface area contributed by atoms with E-state index in [2.05, 4.69) is 47.8 Å². The van der Waals surface area contributed by atoms with E-state index in [0.717, 1.165) is 44.5 Å². The maximum absolute atomic E-state index is 13.1. The summed E-state index contributed by atoms with van der Waals surface area (Å²) in [5.74, 6) is -0.279. The normalized spacial score (nSPS) is 14.3. The summed E-state index contributed by atoms with van der Waals surface area (Å²) in [6, 6.07) is 41.6. The van der Waals surface area contributed by atoms with E-state index in [1.165, 1.54) is 5.56 Å². The third-order valence-corrected chi connectivity index (χ3v) is 8.20. The summed E-state index contributed by atoms with van der Waals surface area (Å²) in [5.41, 5.74) is 8.38. The van der Waals surface area contributed by atoms with Crippen LogP contribution in [0.15, 0.2) is 132 Å². The van der Waals surface area contributed by atoms with Crippen LogP contribution in [0.25, 0.3) is 33.2 Å². The zero-order valence-electron chi connectivity index (χ0n) is 23.9. The number of carboxylic acids is 1. The molecule has 0 spiro atoms. The van der Waals surface area contributed by atoms with Crippen LogP contribution in [-0.2, 0) is 22.4 Å². The van der Waals surface area contributed by atoms with Crippen LogP contribution < -0.4 is 10.2 Å². The number of hydrogen-bond donors (Lipinski definition) is 2. The quantitative estimate of drug-likeness (QED) is 0.192. The average molecular weight is 579 g/mol. The molecule has 7 rings (SSSR count). The van der Waals surface area contributed by atoms with Crippen LogP contribution in [0, 0.1) is 0 Å². The Morgan fingerprint density at radius 3 is 2.11 bits per heavy atom. The predicted molar refractivity (Wildman–Crippen MR) is 174 cm³/mol. The highest BCUT2D eigenvalue weighted by atomic mass is 16.4. The second-order valence-corrected chi connectivity index (χ2v) is 11.1. The number of carboxylic acid groups (broad SMARTS) is 1. The summed E-state index contributed by atoms with van der Waals surface area (Å²) < 4.78 is 6.35. The second kappa shape index (κ2) is 11.6. The third-order valence-electron chi connectivity index (χ3n) is 8.20. The summed E-state index contributed by atoms with van der Waals surface area (Å²) in [5, 5.41) is 13.9. The van der Waals surface area contributed by atoms with Crippen LogP contribution in [0.2, 0.25) is 0 Å². The molecule has 6 heteroatoms. The van der Waals surface area contributed by atoms with Gasteiger partial charge in [-0.25, -0.2) is 0 Å². The number of carbonyl (C=O) groups excluding carboxylic acids is 1. The van der Waals surface area contributed by atoms with Crippen LogP contribution in [0.4, 0.5) is 11.4 Å². The van der Waals surface area contributed by atoms with E-state index in [1.54, 1.807) is 4.90 Å². The second-order valence-electron chi connectivity index (χ2n) is 11.1. The van der Waals surface area contributed by atoms with Crippen LogP contribution in [-0.4, -0.2) is 29.6 Å². The Hall–Kier alpha value is -5.62. The minimum Gasteiger partial charge on any atom is -0.480 e. The van der Waals surface area contributed by atoms with Crippen molar-refractivity contribution in [1.82, 2.24) is 0 Å². The molecule has 1 aromatic heterocycles. The maximum Gasteiger partial charge on any atom is 0.323 e. The van der Waals surface area contributed by atoms with E-state index in [-0.39, 0.29) is 12.5 Å². The first-order chi connectivity index (χ1) is 21.5. The monoisotopic (exact) mass is 578 g/mol. The molecule has 5 aromatic carbocycles. The van der Waals surface area contributed by atoms with Crippen molar-refractivity contribution in [1.29, 1.82) is 0 Å². The van der Waals surface area contributed by atoms with Gasteiger partial charge >= 0.3 is 5.97 Å². The Labute approximate surface area is 255 Å². The highest BCUT2D eigenvalue weighted by molar-refractivity contribution is 6.05. The molecule has 0 saturated carbocycles. The molecule has 1 amide bonds. The minimum atomic E-state index is -0.989. The van der Waals surface area contributed by atoms with E-state index in [0.29, 0.717) is 24.2 Å². The number of nitrogens with zero attached hydrogens (tertiary/aromatic N) is 1. The van der Waals surface area contributed by atoms with Gasteiger partial charge in [0.1, 0.15) is 23.9 Å². The van der Waals surface area contributed by atoms with Crippen LogP contribution >= 0.6 is 0 Å². The Bertz CT molecular complexity index is 1960. The van der Waals surface area contributed by atoms with Gasteiger partial charge < -0.3 is 19.7 Å². The number of rotatable bonds is 8. The van der Waals surface area contributed by atoms with Gasteiger partial charge in [0.15, 0.2) is 0 Å². The van der Waals surface area contributed by atoms with Gasteiger partial charge in [-0.2, -0.15) is 0 Å². The average Bonchev–Trinajstić information content (AvgIpc) is 3.41. The molecular formula is C38H30N2O4. The number of benzene rings is 5.